The Bertz CT molecular complexity index is 679. The van der Waals surface area contributed by atoms with Gasteiger partial charge < -0.3 is 11.1 Å². The van der Waals surface area contributed by atoms with Crippen molar-refractivity contribution < 1.29 is 4.79 Å². The van der Waals surface area contributed by atoms with Crippen molar-refractivity contribution >= 4 is 11.6 Å². The summed E-state index contributed by atoms with van der Waals surface area (Å²) in [6.45, 7) is 1.96. The average Bonchev–Trinajstić information content (AvgIpc) is 3.12. The predicted molar refractivity (Wildman–Crippen MR) is 77.7 cm³/mol. The van der Waals surface area contributed by atoms with Crippen molar-refractivity contribution in [3.63, 3.8) is 0 Å². The third-order valence-corrected chi connectivity index (χ3v) is 3.53. The molecule has 0 fully saturated rings. The molecule has 1 amide bonds. The van der Waals surface area contributed by atoms with Gasteiger partial charge in [0.1, 0.15) is 6.33 Å². The number of rotatable bonds is 3. The summed E-state index contributed by atoms with van der Waals surface area (Å²) in [5.41, 5.74) is 8.33. The van der Waals surface area contributed by atoms with Gasteiger partial charge in [-0.1, -0.05) is 18.2 Å². The fourth-order valence-electron chi connectivity index (χ4n) is 2.36. The van der Waals surface area contributed by atoms with Crippen molar-refractivity contribution in [2.45, 2.75) is 19.4 Å². The summed E-state index contributed by atoms with van der Waals surface area (Å²) >= 11 is 0. The second kappa shape index (κ2) is 5.45. The van der Waals surface area contributed by atoms with Crippen LogP contribution in [0.15, 0.2) is 36.7 Å². The molecule has 0 spiro atoms. The molecule has 3 N–H and O–H groups in total. The van der Waals surface area contributed by atoms with E-state index < -0.39 is 0 Å². The minimum absolute atomic E-state index is 0.0319. The van der Waals surface area contributed by atoms with Crippen LogP contribution in [0.1, 0.15) is 12.0 Å². The number of amides is 1. The third kappa shape index (κ3) is 2.82. The second-order valence-electron chi connectivity index (χ2n) is 5.14. The summed E-state index contributed by atoms with van der Waals surface area (Å²) in [7, 11) is 0. The highest BCUT2D eigenvalue weighted by atomic mass is 16.1. The van der Waals surface area contributed by atoms with E-state index in [-0.39, 0.29) is 17.9 Å². The van der Waals surface area contributed by atoms with Gasteiger partial charge in [-0.2, -0.15) is 0 Å². The van der Waals surface area contributed by atoms with E-state index in [1.807, 2.05) is 37.3 Å². The van der Waals surface area contributed by atoms with Crippen LogP contribution < -0.4 is 11.1 Å². The first-order valence-electron chi connectivity index (χ1n) is 6.72. The van der Waals surface area contributed by atoms with E-state index in [2.05, 4.69) is 20.8 Å². The van der Waals surface area contributed by atoms with Gasteiger partial charge in [0, 0.05) is 11.7 Å². The highest BCUT2D eigenvalue weighted by molar-refractivity contribution is 5.94. The number of tetrazole rings is 1. The Kier molecular flexibility index (Phi) is 3.49. The summed E-state index contributed by atoms with van der Waals surface area (Å²) in [4.78, 5) is 12.2. The quantitative estimate of drug-likeness (QED) is 0.813. The highest BCUT2D eigenvalue weighted by Gasteiger charge is 2.22. The van der Waals surface area contributed by atoms with Crippen LogP contribution in [-0.2, 0) is 4.79 Å². The first-order valence-corrected chi connectivity index (χ1v) is 6.72. The van der Waals surface area contributed by atoms with E-state index in [9.17, 15) is 4.79 Å². The number of carbonyl (C=O) groups excluding carboxylic acids is 1. The van der Waals surface area contributed by atoms with E-state index in [1.165, 1.54) is 6.33 Å². The largest absolute Gasteiger partial charge is 0.326 e. The number of nitrogens with zero attached hydrogens (tertiary/aromatic N) is 4. The fourth-order valence-corrected chi connectivity index (χ4v) is 2.36. The van der Waals surface area contributed by atoms with Gasteiger partial charge in [0.25, 0.3) is 0 Å². The molecule has 7 nitrogen and oxygen atoms in total. The lowest BCUT2D eigenvalue weighted by molar-refractivity contribution is -0.118. The van der Waals surface area contributed by atoms with E-state index >= 15 is 0 Å². The van der Waals surface area contributed by atoms with Crippen LogP contribution in [0.2, 0.25) is 0 Å². The summed E-state index contributed by atoms with van der Waals surface area (Å²) < 4.78 is 1.57. The topological polar surface area (TPSA) is 98.7 Å². The number of hydrogen-bond donors (Lipinski definition) is 2. The lowest BCUT2D eigenvalue weighted by Crippen LogP contribution is -2.24. The molecule has 3 rings (SSSR count). The fraction of sp³-hybridized carbons (Fsp3) is 0.286. The minimum Gasteiger partial charge on any atom is -0.326 e. The van der Waals surface area contributed by atoms with E-state index in [0.29, 0.717) is 12.1 Å². The molecule has 1 aliphatic carbocycles. The Hall–Kier alpha value is -2.54. The second-order valence-corrected chi connectivity index (χ2v) is 5.14. The molecule has 1 aromatic carbocycles. The minimum atomic E-state index is -0.169. The molecule has 0 radical (unpaired) electrons. The Morgan fingerprint density at radius 2 is 2.29 bits per heavy atom. The maximum absolute atomic E-state index is 12.2. The van der Waals surface area contributed by atoms with Gasteiger partial charge in [-0.05, 0) is 41.5 Å². The molecule has 1 aliphatic rings. The van der Waals surface area contributed by atoms with Gasteiger partial charge in [0.2, 0.25) is 5.91 Å². The normalized spacial score (nSPS) is 20.7. The maximum Gasteiger partial charge on any atom is 0.231 e. The molecule has 21 heavy (non-hydrogen) atoms. The van der Waals surface area contributed by atoms with Crippen molar-refractivity contribution in [2.75, 3.05) is 5.32 Å². The SMILES string of the molecule is Cc1ccc(NC(=O)C2C=CC(N)C2)cc1-n1cnnn1. The van der Waals surface area contributed by atoms with Gasteiger partial charge in [-0.3, -0.25) is 4.79 Å². The van der Waals surface area contributed by atoms with Gasteiger partial charge in [-0.25, -0.2) is 4.68 Å². The van der Waals surface area contributed by atoms with E-state index in [1.54, 1.807) is 4.68 Å². The summed E-state index contributed by atoms with van der Waals surface area (Å²) in [6, 6.07) is 5.60. The van der Waals surface area contributed by atoms with Crippen molar-refractivity contribution in [3.8, 4) is 5.69 Å². The molecule has 0 aliphatic heterocycles. The Labute approximate surface area is 121 Å². The monoisotopic (exact) mass is 284 g/mol. The summed E-state index contributed by atoms with van der Waals surface area (Å²) in [5.74, 6) is -0.219. The van der Waals surface area contributed by atoms with Gasteiger partial charge >= 0.3 is 0 Å². The van der Waals surface area contributed by atoms with Crippen molar-refractivity contribution in [1.82, 2.24) is 20.2 Å². The lowest BCUT2D eigenvalue weighted by Gasteiger charge is -2.12. The molecule has 2 atom stereocenters. The molecule has 2 unspecified atom stereocenters. The van der Waals surface area contributed by atoms with E-state index in [4.69, 9.17) is 5.73 Å². The van der Waals surface area contributed by atoms with Crippen LogP contribution in [0.25, 0.3) is 5.69 Å². The molecule has 0 bridgehead atoms. The van der Waals surface area contributed by atoms with Crippen LogP contribution in [0.4, 0.5) is 5.69 Å². The van der Waals surface area contributed by atoms with Gasteiger partial charge in [0.05, 0.1) is 11.6 Å². The van der Waals surface area contributed by atoms with Crippen LogP contribution in [0.3, 0.4) is 0 Å². The Balaban J connectivity index is 1.79. The first kappa shape index (κ1) is 13.4. The zero-order chi connectivity index (χ0) is 14.8. The zero-order valence-electron chi connectivity index (χ0n) is 11.6. The Morgan fingerprint density at radius 1 is 1.43 bits per heavy atom. The molecule has 1 heterocycles. The number of nitrogens with one attached hydrogen (secondary N) is 1. The number of nitrogens with two attached hydrogens (primary N) is 1. The highest BCUT2D eigenvalue weighted by Crippen LogP contribution is 2.21. The van der Waals surface area contributed by atoms with Crippen LogP contribution in [-0.4, -0.2) is 32.2 Å². The molecule has 0 saturated carbocycles. The van der Waals surface area contributed by atoms with Gasteiger partial charge in [0.15, 0.2) is 0 Å². The van der Waals surface area contributed by atoms with Crippen LogP contribution in [0, 0.1) is 12.8 Å². The number of benzene rings is 1. The standard InChI is InChI=1S/C14H16N6O/c1-9-2-5-12(7-13(9)20-8-16-18-19-20)17-14(21)10-3-4-11(15)6-10/h2-5,7-8,10-11H,6,15H2,1H3,(H,17,21). The number of aromatic nitrogens is 4. The van der Waals surface area contributed by atoms with E-state index in [0.717, 1.165) is 11.3 Å². The lowest BCUT2D eigenvalue weighted by atomic mass is 10.1. The smallest absolute Gasteiger partial charge is 0.231 e. The number of anilines is 1. The summed E-state index contributed by atoms with van der Waals surface area (Å²) in [6.07, 6.45) is 5.90. The Morgan fingerprint density at radius 3 is 2.95 bits per heavy atom. The molecular weight excluding hydrogens is 268 g/mol. The first-order chi connectivity index (χ1) is 10.1. The molecule has 1 aromatic heterocycles. The molecular formula is C14H16N6O. The number of hydrogen-bond acceptors (Lipinski definition) is 5. The molecule has 108 valence electrons. The molecule has 2 aromatic rings. The molecule has 7 heteroatoms. The summed E-state index contributed by atoms with van der Waals surface area (Å²) in [5, 5.41) is 14.0. The van der Waals surface area contributed by atoms with Crippen LogP contribution in [0.5, 0.6) is 0 Å². The van der Waals surface area contributed by atoms with Crippen molar-refractivity contribution in [1.29, 1.82) is 0 Å². The predicted octanol–water partition coefficient (Wildman–Crippen LogP) is 0.813. The number of carbonyl (C=O) groups is 1. The zero-order valence-corrected chi connectivity index (χ0v) is 11.6. The molecule has 0 saturated heterocycles. The average molecular weight is 284 g/mol. The third-order valence-electron chi connectivity index (χ3n) is 3.53. The van der Waals surface area contributed by atoms with Gasteiger partial charge in [-0.15, -0.1) is 5.10 Å². The van der Waals surface area contributed by atoms with Crippen molar-refractivity contribution in [3.05, 3.63) is 42.2 Å². The van der Waals surface area contributed by atoms with Crippen LogP contribution >= 0.6 is 0 Å². The number of aryl methyl sites for hydroxylation is 1. The maximum atomic E-state index is 12.2. The van der Waals surface area contributed by atoms with Crippen molar-refractivity contribution in [2.24, 2.45) is 11.7 Å².